The smallest absolute Gasteiger partial charge is 0.139 e. The monoisotopic (exact) mass is 323 g/mol. The lowest BCUT2D eigenvalue weighted by Crippen LogP contribution is -2.08. The van der Waals surface area contributed by atoms with Gasteiger partial charge in [-0.05, 0) is 55.7 Å². The van der Waals surface area contributed by atoms with Crippen LogP contribution in [0.25, 0.3) is 16.9 Å². The second-order valence-electron chi connectivity index (χ2n) is 6.51. The summed E-state index contributed by atoms with van der Waals surface area (Å²) in [5.74, 6) is 2.59. The Morgan fingerprint density at radius 1 is 1.12 bits per heavy atom. The number of nitrogens with one attached hydrogen (secondary N) is 1. The summed E-state index contributed by atoms with van der Waals surface area (Å²) < 4.78 is 7.46. The maximum absolute atomic E-state index is 5.26. The van der Waals surface area contributed by atoms with Crippen LogP contribution in [0.5, 0.6) is 5.75 Å². The van der Waals surface area contributed by atoms with E-state index < -0.39 is 0 Å². The molecule has 0 spiro atoms. The van der Waals surface area contributed by atoms with Gasteiger partial charge in [0.05, 0.1) is 7.11 Å². The highest BCUT2D eigenvalue weighted by atomic mass is 16.5. The molecule has 0 atom stereocenters. The van der Waals surface area contributed by atoms with E-state index in [2.05, 4.69) is 48.7 Å². The maximum Gasteiger partial charge on any atom is 0.139 e. The standard InChI is InChI=1S/C20H25N3O/c1-14(2)12-13-21-20-19(16-8-10-17(24-4)11-9-16)22-18-7-5-6-15(3)23(18)20/h5-11,14,21H,12-13H2,1-4H3. The molecule has 2 aromatic heterocycles. The van der Waals surface area contributed by atoms with Gasteiger partial charge in [0.25, 0.3) is 0 Å². The molecular weight excluding hydrogens is 298 g/mol. The van der Waals surface area contributed by atoms with Gasteiger partial charge in [0.1, 0.15) is 22.9 Å². The number of rotatable bonds is 6. The number of benzene rings is 1. The Balaban J connectivity index is 2.06. The molecule has 0 aliphatic carbocycles. The highest BCUT2D eigenvalue weighted by Crippen LogP contribution is 2.31. The lowest BCUT2D eigenvalue weighted by atomic mass is 10.1. The van der Waals surface area contributed by atoms with Gasteiger partial charge in [-0.15, -0.1) is 0 Å². The minimum atomic E-state index is 0.669. The Morgan fingerprint density at radius 3 is 2.54 bits per heavy atom. The van der Waals surface area contributed by atoms with E-state index in [1.54, 1.807) is 7.11 Å². The SMILES string of the molecule is COc1ccc(-c2nc3cccc(C)n3c2NCCC(C)C)cc1. The average molecular weight is 323 g/mol. The molecule has 0 aliphatic rings. The first-order valence-electron chi connectivity index (χ1n) is 8.46. The van der Waals surface area contributed by atoms with Crippen LogP contribution in [-0.2, 0) is 0 Å². The number of anilines is 1. The third kappa shape index (κ3) is 3.23. The van der Waals surface area contributed by atoms with E-state index >= 15 is 0 Å². The first-order chi connectivity index (χ1) is 11.6. The minimum Gasteiger partial charge on any atom is -0.497 e. The van der Waals surface area contributed by atoms with Crippen molar-refractivity contribution in [1.82, 2.24) is 9.38 Å². The van der Waals surface area contributed by atoms with E-state index in [0.29, 0.717) is 5.92 Å². The van der Waals surface area contributed by atoms with Crippen LogP contribution >= 0.6 is 0 Å². The van der Waals surface area contributed by atoms with Crippen molar-refractivity contribution in [2.75, 3.05) is 19.0 Å². The topological polar surface area (TPSA) is 38.6 Å². The van der Waals surface area contributed by atoms with Crippen molar-refractivity contribution in [1.29, 1.82) is 0 Å². The Labute approximate surface area is 143 Å². The molecule has 0 amide bonds. The highest BCUT2D eigenvalue weighted by Gasteiger charge is 2.15. The predicted molar refractivity (Wildman–Crippen MR) is 99.9 cm³/mol. The van der Waals surface area contributed by atoms with Crippen LogP contribution in [0.2, 0.25) is 0 Å². The summed E-state index contributed by atoms with van der Waals surface area (Å²) in [6.45, 7) is 7.53. The second-order valence-corrected chi connectivity index (χ2v) is 6.51. The number of hydrogen-bond acceptors (Lipinski definition) is 3. The van der Waals surface area contributed by atoms with Gasteiger partial charge >= 0.3 is 0 Å². The van der Waals surface area contributed by atoms with Crippen LogP contribution in [0.4, 0.5) is 5.82 Å². The van der Waals surface area contributed by atoms with Crippen molar-refractivity contribution in [3.05, 3.63) is 48.2 Å². The van der Waals surface area contributed by atoms with Gasteiger partial charge in [0.15, 0.2) is 0 Å². The molecule has 4 nitrogen and oxygen atoms in total. The van der Waals surface area contributed by atoms with Crippen molar-refractivity contribution in [2.45, 2.75) is 27.2 Å². The first-order valence-corrected chi connectivity index (χ1v) is 8.46. The van der Waals surface area contributed by atoms with Gasteiger partial charge in [0.2, 0.25) is 0 Å². The summed E-state index contributed by atoms with van der Waals surface area (Å²) in [7, 11) is 1.68. The van der Waals surface area contributed by atoms with Crippen LogP contribution < -0.4 is 10.1 Å². The van der Waals surface area contributed by atoms with Crippen molar-refractivity contribution < 1.29 is 4.74 Å². The van der Waals surface area contributed by atoms with Gasteiger partial charge < -0.3 is 10.1 Å². The van der Waals surface area contributed by atoms with E-state index in [-0.39, 0.29) is 0 Å². The minimum absolute atomic E-state index is 0.669. The van der Waals surface area contributed by atoms with Gasteiger partial charge in [-0.3, -0.25) is 4.40 Å². The summed E-state index contributed by atoms with van der Waals surface area (Å²) in [5, 5.41) is 3.60. The fraction of sp³-hybridized carbons (Fsp3) is 0.350. The third-order valence-corrected chi connectivity index (χ3v) is 4.22. The maximum atomic E-state index is 5.26. The average Bonchev–Trinajstić information content (AvgIpc) is 2.95. The molecule has 0 unspecified atom stereocenters. The van der Waals surface area contributed by atoms with Crippen molar-refractivity contribution in [2.24, 2.45) is 5.92 Å². The third-order valence-electron chi connectivity index (χ3n) is 4.22. The fourth-order valence-corrected chi connectivity index (χ4v) is 2.85. The number of ether oxygens (including phenoxy) is 1. The fourth-order valence-electron chi connectivity index (χ4n) is 2.85. The molecule has 0 bridgehead atoms. The molecule has 2 heterocycles. The largest absolute Gasteiger partial charge is 0.497 e. The lowest BCUT2D eigenvalue weighted by molar-refractivity contribution is 0.415. The molecule has 0 fully saturated rings. The molecular formula is C20H25N3O. The van der Waals surface area contributed by atoms with Crippen LogP contribution in [0.1, 0.15) is 26.0 Å². The summed E-state index contributed by atoms with van der Waals surface area (Å²) in [6.07, 6.45) is 1.13. The van der Waals surface area contributed by atoms with Crippen LogP contribution in [0.3, 0.4) is 0 Å². The predicted octanol–water partition coefficient (Wildman–Crippen LogP) is 4.78. The molecule has 1 aromatic carbocycles. The Bertz CT molecular complexity index is 819. The van der Waals surface area contributed by atoms with Gasteiger partial charge in [-0.2, -0.15) is 0 Å². The number of fused-ring (bicyclic) bond motifs is 1. The molecule has 0 saturated heterocycles. The molecule has 4 heteroatoms. The van der Waals surface area contributed by atoms with Gasteiger partial charge in [0, 0.05) is 17.8 Å². The normalized spacial score (nSPS) is 11.2. The summed E-state index contributed by atoms with van der Waals surface area (Å²) in [5.41, 5.74) is 4.21. The number of nitrogens with zero attached hydrogens (tertiary/aromatic N) is 2. The van der Waals surface area contributed by atoms with Crippen LogP contribution in [0.15, 0.2) is 42.5 Å². The number of imidazole rings is 1. The quantitative estimate of drug-likeness (QED) is 0.710. The molecule has 0 radical (unpaired) electrons. The molecule has 1 N–H and O–H groups in total. The zero-order valence-corrected chi connectivity index (χ0v) is 14.8. The number of pyridine rings is 1. The van der Waals surface area contributed by atoms with Gasteiger partial charge in [-0.1, -0.05) is 19.9 Å². The number of methoxy groups -OCH3 is 1. The zero-order chi connectivity index (χ0) is 17.1. The van der Waals surface area contributed by atoms with E-state index in [1.807, 2.05) is 24.3 Å². The first kappa shape index (κ1) is 16.4. The lowest BCUT2D eigenvalue weighted by Gasteiger charge is -2.12. The number of hydrogen-bond donors (Lipinski definition) is 1. The van der Waals surface area contributed by atoms with E-state index in [9.17, 15) is 0 Å². The van der Waals surface area contributed by atoms with Crippen LogP contribution in [0, 0.1) is 12.8 Å². The van der Waals surface area contributed by atoms with Gasteiger partial charge in [-0.25, -0.2) is 4.98 Å². The molecule has 3 rings (SSSR count). The second kappa shape index (κ2) is 6.95. The van der Waals surface area contributed by atoms with Crippen molar-refractivity contribution in [3.63, 3.8) is 0 Å². The number of aromatic nitrogens is 2. The summed E-state index contributed by atoms with van der Waals surface area (Å²) >= 11 is 0. The molecule has 0 saturated carbocycles. The summed E-state index contributed by atoms with van der Waals surface area (Å²) in [4.78, 5) is 4.86. The molecule has 0 aliphatic heterocycles. The van der Waals surface area contributed by atoms with Crippen LogP contribution in [-0.4, -0.2) is 23.0 Å². The van der Waals surface area contributed by atoms with E-state index in [1.165, 1.54) is 5.69 Å². The Kier molecular flexibility index (Phi) is 4.74. The Morgan fingerprint density at radius 2 is 1.88 bits per heavy atom. The Hall–Kier alpha value is -2.49. The molecule has 3 aromatic rings. The highest BCUT2D eigenvalue weighted by molar-refractivity contribution is 5.77. The van der Waals surface area contributed by atoms with E-state index in [4.69, 9.17) is 9.72 Å². The molecule has 24 heavy (non-hydrogen) atoms. The zero-order valence-electron chi connectivity index (χ0n) is 14.8. The van der Waals surface area contributed by atoms with E-state index in [0.717, 1.165) is 41.4 Å². The summed E-state index contributed by atoms with van der Waals surface area (Å²) in [6, 6.07) is 14.3. The molecule has 126 valence electrons. The van der Waals surface area contributed by atoms with Crippen molar-refractivity contribution >= 4 is 11.5 Å². The van der Waals surface area contributed by atoms with Crippen molar-refractivity contribution in [3.8, 4) is 17.0 Å². The number of aryl methyl sites for hydroxylation is 1.